The Morgan fingerprint density at radius 3 is 2.67 bits per heavy atom. The minimum Gasteiger partial charge on any atom is -0.315 e. The van der Waals surface area contributed by atoms with Crippen molar-refractivity contribution in [2.45, 2.75) is 58.0 Å². The Labute approximate surface area is 113 Å². The minimum absolute atomic E-state index is 0.700. The van der Waals surface area contributed by atoms with E-state index in [0.717, 1.165) is 19.1 Å². The van der Waals surface area contributed by atoms with Crippen LogP contribution in [0.15, 0.2) is 0 Å². The van der Waals surface area contributed by atoms with E-state index in [1.54, 1.807) is 0 Å². The lowest BCUT2D eigenvalue weighted by molar-refractivity contribution is 0.153. The summed E-state index contributed by atoms with van der Waals surface area (Å²) in [6.45, 7) is 12.2. The highest BCUT2D eigenvalue weighted by Crippen LogP contribution is 2.21. The lowest BCUT2D eigenvalue weighted by Crippen LogP contribution is -2.44. The summed E-state index contributed by atoms with van der Waals surface area (Å²) in [7, 11) is 0. The molecule has 0 aromatic rings. The van der Waals surface area contributed by atoms with Gasteiger partial charge in [-0.3, -0.25) is 9.80 Å². The summed E-state index contributed by atoms with van der Waals surface area (Å²) in [4.78, 5) is 5.43. The molecule has 2 atom stereocenters. The second kappa shape index (κ2) is 7.46. The average molecular weight is 253 g/mol. The molecule has 2 aliphatic rings. The zero-order chi connectivity index (χ0) is 12.8. The molecule has 2 unspecified atom stereocenters. The van der Waals surface area contributed by atoms with Crippen molar-refractivity contribution in [2.24, 2.45) is 0 Å². The molecule has 0 bridgehead atoms. The molecule has 3 nitrogen and oxygen atoms in total. The number of likely N-dealkylation sites (tertiary alicyclic amines) is 2. The maximum atomic E-state index is 3.55. The molecule has 1 N–H and O–H groups in total. The summed E-state index contributed by atoms with van der Waals surface area (Å²) in [5, 5.41) is 3.55. The first-order valence-electron chi connectivity index (χ1n) is 8.00. The topological polar surface area (TPSA) is 18.5 Å². The summed E-state index contributed by atoms with van der Waals surface area (Å²) in [6.07, 6.45) is 6.92. The fourth-order valence-electron chi connectivity index (χ4n) is 3.37. The third-order valence-corrected chi connectivity index (χ3v) is 4.59. The van der Waals surface area contributed by atoms with E-state index in [-0.39, 0.29) is 0 Å². The molecule has 3 heteroatoms. The van der Waals surface area contributed by atoms with Crippen LogP contribution in [0.1, 0.15) is 46.0 Å². The van der Waals surface area contributed by atoms with E-state index >= 15 is 0 Å². The first-order valence-corrected chi connectivity index (χ1v) is 8.00. The van der Waals surface area contributed by atoms with Crippen LogP contribution in [0.25, 0.3) is 0 Å². The summed E-state index contributed by atoms with van der Waals surface area (Å²) in [6, 6.07) is 1.55. The fraction of sp³-hybridized carbons (Fsp3) is 1.00. The Morgan fingerprint density at radius 2 is 1.94 bits per heavy atom. The molecule has 2 aliphatic heterocycles. The maximum absolute atomic E-state index is 3.55. The van der Waals surface area contributed by atoms with Gasteiger partial charge >= 0.3 is 0 Å². The van der Waals surface area contributed by atoms with Crippen LogP contribution in [-0.4, -0.2) is 61.2 Å². The highest BCUT2D eigenvalue weighted by atomic mass is 15.3. The number of piperidine rings is 1. The average Bonchev–Trinajstić information content (AvgIpc) is 2.89. The van der Waals surface area contributed by atoms with Crippen LogP contribution in [-0.2, 0) is 0 Å². The Bertz CT molecular complexity index is 226. The van der Waals surface area contributed by atoms with Gasteiger partial charge in [-0.15, -0.1) is 0 Å². The van der Waals surface area contributed by atoms with Gasteiger partial charge < -0.3 is 5.32 Å². The molecule has 0 aromatic carbocycles. The lowest BCUT2D eigenvalue weighted by Gasteiger charge is -2.33. The second-order valence-electron chi connectivity index (χ2n) is 6.09. The van der Waals surface area contributed by atoms with Gasteiger partial charge in [0.15, 0.2) is 0 Å². The molecule has 18 heavy (non-hydrogen) atoms. The largest absolute Gasteiger partial charge is 0.315 e. The molecule has 106 valence electrons. The molecule has 2 saturated heterocycles. The SMILES string of the molecule is CCCNCC(C)N1CCC(N2CCCCC2)C1. The molecular formula is C15H31N3. The van der Waals surface area contributed by atoms with Crippen LogP contribution >= 0.6 is 0 Å². The summed E-state index contributed by atoms with van der Waals surface area (Å²) in [5.41, 5.74) is 0. The van der Waals surface area contributed by atoms with Crippen molar-refractivity contribution < 1.29 is 0 Å². The summed E-state index contributed by atoms with van der Waals surface area (Å²) >= 11 is 0. The van der Waals surface area contributed by atoms with Crippen molar-refractivity contribution in [1.29, 1.82) is 0 Å². The number of nitrogens with one attached hydrogen (secondary N) is 1. The van der Waals surface area contributed by atoms with E-state index in [4.69, 9.17) is 0 Å². The summed E-state index contributed by atoms with van der Waals surface area (Å²) in [5.74, 6) is 0. The van der Waals surface area contributed by atoms with E-state index < -0.39 is 0 Å². The first kappa shape index (κ1) is 14.3. The standard InChI is InChI=1S/C15H31N3/c1-3-8-16-12-14(2)18-11-7-15(13-18)17-9-5-4-6-10-17/h14-16H,3-13H2,1-2H3. The molecule has 0 aromatic heterocycles. The predicted molar refractivity (Wildman–Crippen MR) is 78.0 cm³/mol. The van der Waals surface area contributed by atoms with Crippen LogP contribution in [0, 0.1) is 0 Å². The van der Waals surface area contributed by atoms with Crippen molar-refractivity contribution in [3.8, 4) is 0 Å². The van der Waals surface area contributed by atoms with Gasteiger partial charge in [0.2, 0.25) is 0 Å². The molecule has 2 heterocycles. The predicted octanol–water partition coefficient (Wildman–Crippen LogP) is 1.93. The normalized spacial score (nSPS) is 28.7. The minimum atomic E-state index is 0.700. The third-order valence-electron chi connectivity index (χ3n) is 4.59. The van der Waals surface area contributed by atoms with Gasteiger partial charge in [0.05, 0.1) is 0 Å². The van der Waals surface area contributed by atoms with Crippen LogP contribution in [0.5, 0.6) is 0 Å². The Hall–Kier alpha value is -0.120. The highest BCUT2D eigenvalue weighted by molar-refractivity contribution is 4.87. The van der Waals surface area contributed by atoms with E-state index in [0.29, 0.717) is 6.04 Å². The van der Waals surface area contributed by atoms with Gasteiger partial charge in [-0.2, -0.15) is 0 Å². The molecule has 0 radical (unpaired) electrons. The van der Waals surface area contributed by atoms with Crippen molar-refractivity contribution in [3.05, 3.63) is 0 Å². The first-order chi connectivity index (χ1) is 8.81. The van der Waals surface area contributed by atoms with Gasteiger partial charge in [0, 0.05) is 31.7 Å². The zero-order valence-corrected chi connectivity index (χ0v) is 12.3. The van der Waals surface area contributed by atoms with Gasteiger partial charge in [0.25, 0.3) is 0 Å². The zero-order valence-electron chi connectivity index (χ0n) is 12.3. The molecule has 2 fully saturated rings. The lowest BCUT2D eigenvalue weighted by atomic mass is 10.1. The molecule has 0 aliphatic carbocycles. The fourth-order valence-corrected chi connectivity index (χ4v) is 3.37. The van der Waals surface area contributed by atoms with Gasteiger partial charge in [-0.1, -0.05) is 13.3 Å². The van der Waals surface area contributed by atoms with E-state index in [9.17, 15) is 0 Å². The maximum Gasteiger partial charge on any atom is 0.0235 e. The Balaban J connectivity index is 1.69. The molecule has 0 saturated carbocycles. The third kappa shape index (κ3) is 3.94. The van der Waals surface area contributed by atoms with Gasteiger partial charge in [-0.05, 0) is 52.2 Å². The summed E-state index contributed by atoms with van der Waals surface area (Å²) < 4.78 is 0. The molecule has 0 amide bonds. The molecule has 2 rings (SSSR count). The van der Waals surface area contributed by atoms with Crippen LogP contribution in [0.2, 0.25) is 0 Å². The van der Waals surface area contributed by atoms with E-state index in [1.807, 2.05) is 0 Å². The number of nitrogens with zero attached hydrogens (tertiary/aromatic N) is 2. The monoisotopic (exact) mass is 253 g/mol. The quantitative estimate of drug-likeness (QED) is 0.730. The van der Waals surface area contributed by atoms with E-state index in [2.05, 4.69) is 29.0 Å². The number of hydrogen-bond acceptors (Lipinski definition) is 3. The van der Waals surface area contributed by atoms with Gasteiger partial charge in [0.1, 0.15) is 0 Å². The second-order valence-corrected chi connectivity index (χ2v) is 6.09. The van der Waals surface area contributed by atoms with Crippen molar-refractivity contribution in [1.82, 2.24) is 15.1 Å². The van der Waals surface area contributed by atoms with Crippen molar-refractivity contribution in [3.63, 3.8) is 0 Å². The van der Waals surface area contributed by atoms with Crippen LogP contribution < -0.4 is 5.32 Å². The Morgan fingerprint density at radius 1 is 1.17 bits per heavy atom. The van der Waals surface area contributed by atoms with Gasteiger partial charge in [-0.25, -0.2) is 0 Å². The molecular weight excluding hydrogens is 222 g/mol. The van der Waals surface area contributed by atoms with Crippen molar-refractivity contribution >= 4 is 0 Å². The highest BCUT2D eigenvalue weighted by Gasteiger charge is 2.30. The van der Waals surface area contributed by atoms with Crippen LogP contribution in [0.4, 0.5) is 0 Å². The number of hydrogen-bond donors (Lipinski definition) is 1. The van der Waals surface area contributed by atoms with Crippen molar-refractivity contribution in [2.75, 3.05) is 39.3 Å². The molecule has 0 spiro atoms. The van der Waals surface area contributed by atoms with Crippen LogP contribution in [0.3, 0.4) is 0 Å². The smallest absolute Gasteiger partial charge is 0.0235 e. The number of rotatable bonds is 6. The van der Waals surface area contributed by atoms with E-state index in [1.165, 1.54) is 58.3 Å². The Kier molecular flexibility index (Phi) is 5.93.